The van der Waals surface area contributed by atoms with Gasteiger partial charge < -0.3 is 4.90 Å². The average Bonchev–Trinajstić information content (AvgIpc) is 3.41. The van der Waals surface area contributed by atoms with E-state index < -0.39 is 0 Å². The molecule has 0 saturated carbocycles. The normalized spacial score (nSPS) is 16.7. The van der Waals surface area contributed by atoms with Gasteiger partial charge in [0.05, 0.1) is 11.4 Å². The molecule has 1 nitrogen and oxygen atoms in total. The van der Waals surface area contributed by atoms with E-state index in [1.54, 1.807) is 0 Å². The van der Waals surface area contributed by atoms with Crippen molar-refractivity contribution in [3.05, 3.63) is 168 Å². The minimum absolute atomic E-state index is 0.250. The smallest absolute Gasteiger partial charge is 0.0551 e. The zero-order chi connectivity index (χ0) is 30.2. The fourth-order valence-corrected chi connectivity index (χ4v) is 9.07. The molecule has 1 atom stereocenters. The Labute approximate surface area is 272 Å². The number of anilines is 3. The zero-order valence-corrected chi connectivity index (χ0v) is 26.0. The van der Waals surface area contributed by atoms with E-state index in [4.69, 9.17) is 0 Å². The van der Waals surface area contributed by atoms with Crippen molar-refractivity contribution in [2.45, 2.75) is 12.3 Å². The number of hydrogen-bond acceptors (Lipinski definition) is 2. The van der Waals surface area contributed by atoms with Gasteiger partial charge in [0.25, 0.3) is 0 Å². The van der Waals surface area contributed by atoms with Crippen LogP contribution in [0.1, 0.15) is 28.3 Å². The first-order valence-electron chi connectivity index (χ1n) is 16.0. The minimum atomic E-state index is 0.250. The average molecular weight is 604 g/mol. The van der Waals surface area contributed by atoms with Crippen molar-refractivity contribution in [3.63, 3.8) is 0 Å². The molecular formula is C44H29NS. The van der Waals surface area contributed by atoms with E-state index in [0.717, 1.165) is 6.42 Å². The summed E-state index contributed by atoms with van der Waals surface area (Å²) in [6, 6.07) is 49.7. The maximum atomic E-state index is 2.54. The fourth-order valence-electron chi connectivity index (χ4n) is 7.87. The molecule has 0 fully saturated rings. The SMILES string of the molecule is C1=C\c2sc3cccc4c3c2C(C/C=C/1)c1cc(-c2ccccc2)ccc1N4c1ccc2ccc3ccc4ccccc4c3c2c1. The molecular weight excluding hydrogens is 575 g/mol. The van der Waals surface area contributed by atoms with Crippen LogP contribution in [0.5, 0.6) is 0 Å². The number of hydrogen-bond donors (Lipinski definition) is 0. The van der Waals surface area contributed by atoms with Gasteiger partial charge in [-0.1, -0.05) is 115 Å². The van der Waals surface area contributed by atoms with E-state index in [9.17, 15) is 0 Å². The Morgan fingerprint density at radius 3 is 2.28 bits per heavy atom. The van der Waals surface area contributed by atoms with Crippen LogP contribution in [0, 0.1) is 0 Å². The van der Waals surface area contributed by atoms with E-state index in [1.165, 1.54) is 86.6 Å². The number of allylic oxidation sites excluding steroid dienone is 3. The first kappa shape index (κ1) is 25.8. The van der Waals surface area contributed by atoms with Crippen molar-refractivity contribution in [1.82, 2.24) is 0 Å². The monoisotopic (exact) mass is 603 g/mol. The number of thiophene rings is 1. The molecule has 0 saturated heterocycles. The molecule has 0 spiro atoms. The molecule has 1 aliphatic heterocycles. The van der Waals surface area contributed by atoms with E-state index in [2.05, 4.69) is 163 Å². The molecule has 1 aliphatic carbocycles. The van der Waals surface area contributed by atoms with E-state index in [-0.39, 0.29) is 5.92 Å². The summed E-state index contributed by atoms with van der Waals surface area (Å²) in [6.07, 6.45) is 10.1. The topological polar surface area (TPSA) is 3.24 Å². The summed E-state index contributed by atoms with van der Waals surface area (Å²) in [4.78, 5) is 3.91. The Hall–Kier alpha value is -5.44. The molecule has 216 valence electrons. The van der Waals surface area contributed by atoms with Crippen LogP contribution in [0.2, 0.25) is 0 Å². The Morgan fingerprint density at radius 1 is 0.565 bits per heavy atom. The van der Waals surface area contributed by atoms with Crippen molar-refractivity contribution in [2.24, 2.45) is 0 Å². The molecule has 2 heterocycles. The van der Waals surface area contributed by atoms with E-state index in [0.29, 0.717) is 0 Å². The molecule has 0 radical (unpaired) electrons. The van der Waals surface area contributed by atoms with Gasteiger partial charge in [0.15, 0.2) is 0 Å². The number of benzene rings is 7. The number of nitrogens with zero attached hydrogens (tertiary/aromatic N) is 1. The van der Waals surface area contributed by atoms with E-state index in [1.807, 2.05) is 11.3 Å². The highest BCUT2D eigenvalue weighted by atomic mass is 32.1. The van der Waals surface area contributed by atoms with Crippen LogP contribution in [0.3, 0.4) is 0 Å². The summed E-state index contributed by atoms with van der Waals surface area (Å²) in [7, 11) is 0. The van der Waals surface area contributed by atoms with Gasteiger partial charge in [-0.25, -0.2) is 0 Å². The van der Waals surface area contributed by atoms with E-state index >= 15 is 0 Å². The summed E-state index contributed by atoms with van der Waals surface area (Å²) in [5.41, 5.74) is 9.05. The van der Waals surface area contributed by atoms with Crippen molar-refractivity contribution in [2.75, 3.05) is 4.90 Å². The third kappa shape index (κ3) is 3.81. The van der Waals surface area contributed by atoms with Crippen LogP contribution in [-0.2, 0) is 0 Å². The second kappa shape index (κ2) is 10.0. The van der Waals surface area contributed by atoms with Crippen LogP contribution < -0.4 is 4.90 Å². The van der Waals surface area contributed by atoms with Gasteiger partial charge in [-0.05, 0) is 103 Å². The molecule has 8 aromatic rings. The maximum Gasteiger partial charge on any atom is 0.0551 e. The molecule has 0 N–H and O–H groups in total. The summed E-state index contributed by atoms with van der Waals surface area (Å²) in [5, 5.41) is 9.11. The third-order valence-corrected chi connectivity index (χ3v) is 11.1. The van der Waals surface area contributed by atoms with Crippen LogP contribution in [0.25, 0.3) is 59.6 Å². The molecule has 7 aromatic carbocycles. The first-order chi connectivity index (χ1) is 22.8. The predicted molar refractivity (Wildman–Crippen MR) is 199 cm³/mol. The Bertz CT molecular complexity index is 2560. The maximum absolute atomic E-state index is 2.54. The van der Waals surface area contributed by atoms with Crippen molar-refractivity contribution >= 4 is 76.9 Å². The van der Waals surface area contributed by atoms with Gasteiger partial charge in [0.1, 0.15) is 0 Å². The number of fused-ring (bicyclic) bond motifs is 7. The lowest BCUT2D eigenvalue weighted by Crippen LogP contribution is -2.12. The Morgan fingerprint density at radius 2 is 1.37 bits per heavy atom. The van der Waals surface area contributed by atoms with Crippen LogP contribution >= 0.6 is 11.3 Å². The molecule has 1 unspecified atom stereocenters. The molecule has 10 rings (SSSR count). The molecule has 1 aromatic heterocycles. The Kier molecular flexibility index (Phi) is 5.64. The highest BCUT2D eigenvalue weighted by Crippen LogP contribution is 2.55. The van der Waals surface area contributed by atoms with Crippen LogP contribution in [0.15, 0.2) is 152 Å². The highest BCUT2D eigenvalue weighted by molar-refractivity contribution is 7.20. The van der Waals surface area contributed by atoms with Crippen LogP contribution in [0.4, 0.5) is 17.1 Å². The van der Waals surface area contributed by atoms with Crippen LogP contribution in [-0.4, -0.2) is 0 Å². The fraction of sp³-hybridized carbons (Fsp3) is 0.0455. The predicted octanol–water partition coefficient (Wildman–Crippen LogP) is 12.9. The second-order valence-electron chi connectivity index (χ2n) is 12.4. The molecule has 2 aliphatic rings. The second-order valence-corrected chi connectivity index (χ2v) is 13.5. The Balaban J connectivity index is 1.31. The lowest BCUT2D eigenvalue weighted by atomic mass is 9.84. The first-order valence-corrected chi connectivity index (χ1v) is 16.9. The quantitative estimate of drug-likeness (QED) is 0.178. The van der Waals surface area contributed by atoms with Gasteiger partial charge in [0.2, 0.25) is 0 Å². The summed E-state index contributed by atoms with van der Waals surface area (Å²) in [5.74, 6) is 0.250. The molecule has 0 amide bonds. The summed E-state index contributed by atoms with van der Waals surface area (Å²) in [6.45, 7) is 0. The van der Waals surface area contributed by atoms with Crippen molar-refractivity contribution in [1.29, 1.82) is 0 Å². The summed E-state index contributed by atoms with van der Waals surface area (Å²) >= 11 is 1.92. The van der Waals surface area contributed by atoms with Gasteiger partial charge in [0, 0.05) is 26.6 Å². The lowest BCUT2D eigenvalue weighted by Gasteiger charge is -2.29. The standard InChI is InChI=1S/C44H29NS/c1-3-10-28(11-4-1)32-23-25-38-37(26-32)35-14-5-2-6-16-40-43(35)44-39(15-9-17-41(44)46-40)45(38)33-24-22-30-19-21-31-20-18-29-12-7-8-13-34(29)42(31)36(30)27-33/h1-13,15-27,35H,14H2/b5-2+,16-6-. The third-order valence-electron chi connectivity index (χ3n) is 9.93. The largest absolute Gasteiger partial charge is 0.310 e. The van der Waals surface area contributed by atoms with Gasteiger partial charge >= 0.3 is 0 Å². The zero-order valence-electron chi connectivity index (χ0n) is 25.2. The highest BCUT2D eigenvalue weighted by Gasteiger charge is 2.33. The van der Waals surface area contributed by atoms with Crippen molar-refractivity contribution < 1.29 is 0 Å². The molecule has 0 bridgehead atoms. The van der Waals surface area contributed by atoms with Crippen molar-refractivity contribution in [3.8, 4) is 11.1 Å². The minimum Gasteiger partial charge on any atom is -0.310 e. The lowest BCUT2D eigenvalue weighted by molar-refractivity contribution is 0.841. The van der Waals surface area contributed by atoms with Gasteiger partial charge in [-0.3, -0.25) is 0 Å². The summed E-state index contributed by atoms with van der Waals surface area (Å²) < 4.78 is 1.34. The molecule has 2 heteroatoms. The van der Waals surface area contributed by atoms with Gasteiger partial charge in [-0.15, -0.1) is 11.3 Å². The van der Waals surface area contributed by atoms with Gasteiger partial charge in [-0.2, -0.15) is 0 Å². The molecule has 46 heavy (non-hydrogen) atoms. The number of rotatable bonds is 2.